The Kier molecular flexibility index (Phi) is 10.1. The summed E-state index contributed by atoms with van der Waals surface area (Å²) in [5.74, 6) is 0.367. The highest BCUT2D eigenvalue weighted by atomic mass is 16.5. The molecular weight excluding hydrogens is 552 g/mol. The Morgan fingerprint density at radius 3 is 2.20 bits per heavy atom. The number of aryl methyl sites for hydroxylation is 1. The molecule has 4 aromatic rings. The fourth-order valence-corrected chi connectivity index (χ4v) is 5.25. The molecule has 1 aliphatic carbocycles. The van der Waals surface area contributed by atoms with Crippen molar-refractivity contribution >= 4 is 29.0 Å². The number of amides is 1. The van der Waals surface area contributed by atoms with Crippen molar-refractivity contribution in [3.63, 3.8) is 0 Å². The van der Waals surface area contributed by atoms with E-state index in [4.69, 9.17) is 9.47 Å². The molecule has 0 saturated heterocycles. The van der Waals surface area contributed by atoms with Crippen LogP contribution in [0.15, 0.2) is 103 Å². The first-order chi connectivity index (χ1) is 21.4. The van der Waals surface area contributed by atoms with Crippen LogP contribution in [0.25, 0.3) is 0 Å². The van der Waals surface area contributed by atoms with E-state index in [2.05, 4.69) is 5.32 Å². The van der Waals surface area contributed by atoms with E-state index in [0.717, 1.165) is 36.1 Å². The molecule has 1 amide bonds. The van der Waals surface area contributed by atoms with E-state index < -0.39 is 12.0 Å². The number of benzene rings is 4. The lowest BCUT2D eigenvalue weighted by Crippen LogP contribution is -2.41. The van der Waals surface area contributed by atoms with Gasteiger partial charge in [-0.05, 0) is 61.7 Å². The summed E-state index contributed by atoms with van der Waals surface area (Å²) in [7, 11) is 1.35. The number of carbonyl (C=O) groups is 3. The van der Waals surface area contributed by atoms with Gasteiger partial charge in [-0.3, -0.25) is 9.59 Å². The van der Waals surface area contributed by atoms with Crippen LogP contribution in [0.5, 0.6) is 5.75 Å². The van der Waals surface area contributed by atoms with Gasteiger partial charge < -0.3 is 19.7 Å². The molecule has 0 aliphatic heterocycles. The van der Waals surface area contributed by atoms with Gasteiger partial charge in [-0.2, -0.15) is 0 Å². The summed E-state index contributed by atoms with van der Waals surface area (Å²) >= 11 is 0. The van der Waals surface area contributed by atoms with E-state index in [-0.39, 0.29) is 17.6 Å². The summed E-state index contributed by atoms with van der Waals surface area (Å²) in [5.41, 5.74) is 4.54. The molecule has 7 nitrogen and oxygen atoms in total. The lowest BCUT2D eigenvalue weighted by atomic mass is 9.84. The highest BCUT2D eigenvalue weighted by Gasteiger charge is 2.30. The summed E-state index contributed by atoms with van der Waals surface area (Å²) in [5, 5.41) is 3.24. The fourth-order valence-electron chi connectivity index (χ4n) is 5.25. The van der Waals surface area contributed by atoms with Crippen molar-refractivity contribution in [2.75, 3.05) is 30.5 Å². The average molecular weight is 591 g/mol. The molecule has 5 rings (SSSR count). The lowest BCUT2D eigenvalue weighted by Gasteiger charge is -2.31. The van der Waals surface area contributed by atoms with Gasteiger partial charge in [0.1, 0.15) is 18.4 Å². The van der Waals surface area contributed by atoms with Crippen LogP contribution in [0.3, 0.4) is 0 Å². The molecule has 0 unspecified atom stereocenters. The lowest BCUT2D eigenvalue weighted by molar-refractivity contribution is -0.141. The van der Waals surface area contributed by atoms with Crippen molar-refractivity contribution in [3.8, 4) is 5.75 Å². The second-order valence-corrected chi connectivity index (χ2v) is 11.1. The second kappa shape index (κ2) is 14.5. The number of nitrogens with zero attached hydrogens (tertiary/aromatic N) is 1. The molecule has 0 spiro atoms. The van der Waals surface area contributed by atoms with Gasteiger partial charge in [-0.15, -0.1) is 0 Å². The number of hydrogen-bond donors (Lipinski definition) is 1. The Morgan fingerprint density at radius 2 is 1.55 bits per heavy atom. The molecule has 1 fully saturated rings. The molecular formula is C37H38N2O5. The van der Waals surface area contributed by atoms with Gasteiger partial charge in [0, 0.05) is 34.8 Å². The summed E-state index contributed by atoms with van der Waals surface area (Å²) in [6.45, 7) is 2.84. The SMILES string of the molecule is COC(=O)[C@H](Cc1ccc(OCCN(C(=O)C2CCC2)c2ccc(C)cc2)cc1)Nc1ccccc1C(=O)c1ccccc1. The number of rotatable bonds is 13. The first kappa shape index (κ1) is 30.5. The van der Waals surface area contributed by atoms with E-state index in [1.807, 2.05) is 84.6 Å². The Balaban J connectivity index is 1.22. The Morgan fingerprint density at radius 1 is 0.864 bits per heavy atom. The molecule has 1 aliphatic rings. The van der Waals surface area contributed by atoms with Crippen molar-refractivity contribution < 1.29 is 23.9 Å². The number of para-hydroxylation sites is 1. The van der Waals surface area contributed by atoms with E-state index in [9.17, 15) is 14.4 Å². The van der Waals surface area contributed by atoms with Crippen LogP contribution in [0.4, 0.5) is 11.4 Å². The Hall–Kier alpha value is -4.91. The fraction of sp³-hybridized carbons (Fsp3) is 0.270. The highest BCUT2D eigenvalue weighted by Crippen LogP contribution is 2.30. The quantitative estimate of drug-likeness (QED) is 0.139. The smallest absolute Gasteiger partial charge is 0.328 e. The van der Waals surface area contributed by atoms with Crippen LogP contribution in [0, 0.1) is 12.8 Å². The van der Waals surface area contributed by atoms with Crippen LogP contribution in [0.1, 0.15) is 46.3 Å². The minimum absolute atomic E-state index is 0.0929. The van der Waals surface area contributed by atoms with Gasteiger partial charge in [0.2, 0.25) is 5.91 Å². The standard InChI is InChI=1S/C37H38N2O5/c1-26-15-19-30(20-16-26)39(36(41)29-11-8-12-29)23-24-44-31-21-17-27(18-22-31)25-34(37(42)43-2)38-33-14-7-6-13-32(33)35(40)28-9-4-3-5-10-28/h3-7,9-10,13-22,29,34,38H,8,11-12,23-25H2,1-2H3/t34-/m0/s1. The van der Waals surface area contributed by atoms with Gasteiger partial charge in [0.25, 0.3) is 0 Å². The van der Waals surface area contributed by atoms with Gasteiger partial charge in [0.15, 0.2) is 5.78 Å². The Bertz CT molecular complexity index is 1560. The Labute approximate surface area is 258 Å². The highest BCUT2D eigenvalue weighted by molar-refractivity contribution is 6.12. The maximum atomic E-state index is 13.2. The van der Waals surface area contributed by atoms with E-state index in [0.29, 0.717) is 42.1 Å². The third-order valence-corrected chi connectivity index (χ3v) is 8.04. The van der Waals surface area contributed by atoms with Crippen molar-refractivity contribution in [1.29, 1.82) is 0 Å². The number of ketones is 1. The van der Waals surface area contributed by atoms with E-state index in [1.54, 1.807) is 30.3 Å². The van der Waals surface area contributed by atoms with Crippen molar-refractivity contribution in [1.82, 2.24) is 0 Å². The van der Waals surface area contributed by atoms with Crippen LogP contribution in [-0.2, 0) is 20.7 Å². The average Bonchev–Trinajstić information content (AvgIpc) is 3.03. The number of nitrogens with one attached hydrogen (secondary N) is 1. The molecule has 1 N–H and O–H groups in total. The molecule has 7 heteroatoms. The second-order valence-electron chi connectivity index (χ2n) is 11.1. The minimum atomic E-state index is -0.711. The van der Waals surface area contributed by atoms with Crippen LogP contribution in [0.2, 0.25) is 0 Å². The summed E-state index contributed by atoms with van der Waals surface area (Å²) < 4.78 is 11.1. The van der Waals surface area contributed by atoms with Crippen LogP contribution in [-0.4, -0.2) is 44.0 Å². The molecule has 0 heterocycles. The van der Waals surface area contributed by atoms with E-state index >= 15 is 0 Å². The largest absolute Gasteiger partial charge is 0.492 e. The number of carbonyl (C=O) groups excluding carboxylic acids is 3. The van der Waals surface area contributed by atoms with Crippen LogP contribution < -0.4 is 15.0 Å². The third-order valence-electron chi connectivity index (χ3n) is 8.04. The predicted octanol–water partition coefficient (Wildman–Crippen LogP) is 6.63. The molecule has 0 bridgehead atoms. The molecule has 1 saturated carbocycles. The van der Waals surface area contributed by atoms with Crippen molar-refractivity contribution in [2.45, 2.75) is 38.6 Å². The molecule has 1 atom stereocenters. The number of esters is 1. The zero-order chi connectivity index (χ0) is 30.9. The summed E-state index contributed by atoms with van der Waals surface area (Å²) in [4.78, 5) is 41.0. The minimum Gasteiger partial charge on any atom is -0.492 e. The van der Waals surface area contributed by atoms with Gasteiger partial charge in [-0.25, -0.2) is 4.79 Å². The number of ether oxygens (including phenoxy) is 2. The third kappa shape index (κ3) is 7.53. The van der Waals surface area contributed by atoms with Crippen molar-refractivity contribution in [2.24, 2.45) is 5.92 Å². The van der Waals surface area contributed by atoms with E-state index in [1.165, 1.54) is 7.11 Å². The maximum absolute atomic E-state index is 13.2. The first-order valence-corrected chi connectivity index (χ1v) is 15.1. The number of hydrogen-bond acceptors (Lipinski definition) is 6. The molecule has 0 radical (unpaired) electrons. The number of anilines is 2. The topological polar surface area (TPSA) is 84.9 Å². The predicted molar refractivity (Wildman–Crippen MR) is 172 cm³/mol. The molecule has 44 heavy (non-hydrogen) atoms. The van der Waals surface area contributed by atoms with Gasteiger partial charge in [0.05, 0.1) is 13.7 Å². The zero-order valence-corrected chi connectivity index (χ0v) is 25.2. The monoisotopic (exact) mass is 590 g/mol. The zero-order valence-electron chi connectivity index (χ0n) is 25.2. The molecule has 0 aromatic heterocycles. The maximum Gasteiger partial charge on any atom is 0.328 e. The molecule has 4 aromatic carbocycles. The van der Waals surface area contributed by atoms with Gasteiger partial charge >= 0.3 is 5.97 Å². The summed E-state index contributed by atoms with van der Waals surface area (Å²) in [6, 6.07) is 31.1. The number of methoxy groups -OCH3 is 1. The normalized spacial score (nSPS) is 13.3. The summed E-state index contributed by atoms with van der Waals surface area (Å²) in [6.07, 6.45) is 3.34. The molecule has 226 valence electrons. The van der Waals surface area contributed by atoms with Gasteiger partial charge in [-0.1, -0.05) is 78.7 Å². The van der Waals surface area contributed by atoms with Crippen molar-refractivity contribution in [3.05, 3.63) is 125 Å². The first-order valence-electron chi connectivity index (χ1n) is 15.1. The van der Waals surface area contributed by atoms with Crippen LogP contribution >= 0.6 is 0 Å².